The van der Waals surface area contributed by atoms with Crippen LogP contribution in [-0.2, 0) is 0 Å². The van der Waals surface area contributed by atoms with Gasteiger partial charge in [-0.25, -0.2) is 0 Å². The second-order valence-corrected chi connectivity index (χ2v) is 4.44. The van der Waals surface area contributed by atoms with E-state index in [9.17, 15) is 0 Å². The molecule has 0 saturated heterocycles. The molecule has 1 unspecified atom stereocenters. The number of halogens is 2. The average molecular weight is 206 g/mol. The van der Waals surface area contributed by atoms with Crippen molar-refractivity contribution in [3.63, 3.8) is 0 Å². The molecule has 0 saturated carbocycles. The zero-order valence-corrected chi connectivity index (χ0v) is 7.80. The lowest BCUT2D eigenvalue weighted by Gasteiger charge is -2.06. The molecule has 0 aliphatic carbocycles. The second kappa shape index (κ2) is 2.77. The van der Waals surface area contributed by atoms with Crippen LogP contribution in [0.2, 0.25) is 0 Å². The lowest BCUT2D eigenvalue weighted by Crippen LogP contribution is -2.07. The molecule has 4 heteroatoms. The fourth-order valence-corrected chi connectivity index (χ4v) is 2.61. The second-order valence-electron chi connectivity index (χ2n) is 2.19. The Labute approximate surface area is 79.1 Å². The zero-order valence-electron chi connectivity index (χ0n) is 5.47. The van der Waals surface area contributed by atoms with E-state index < -0.39 is 0 Å². The largest absolute Gasteiger partial charge is 0.360 e. The summed E-state index contributed by atoms with van der Waals surface area (Å²) in [6.07, 6.45) is 5.78. The highest BCUT2D eigenvalue weighted by atomic mass is 35.5. The third kappa shape index (κ3) is 1.19. The van der Waals surface area contributed by atoms with Crippen molar-refractivity contribution in [1.29, 1.82) is 0 Å². The molecule has 0 bridgehead atoms. The van der Waals surface area contributed by atoms with Gasteiger partial charge < -0.3 is 5.32 Å². The van der Waals surface area contributed by atoms with Crippen LogP contribution in [0, 0.1) is 0 Å². The van der Waals surface area contributed by atoms with E-state index in [-0.39, 0.29) is 4.71 Å². The normalized spacial score (nSPS) is 28.2. The van der Waals surface area contributed by atoms with Crippen LogP contribution in [0.25, 0.3) is 0 Å². The van der Waals surface area contributed by atoms with Crippen molar-refractivity contribution in [3.8, 4) is 0 Å². The van der Waals surface area contributed by atoms with Gasteiger partial charge >= 0.3 is 0 Å². The lowest BCUT2D eigenvalue weighted by atomic mass is 10.3. The number of fused-ring (bicyclic) bond motifs is 1. The molecule has 0 aromatic rings. The van der Waals surface area contributed by atoms with Gasteiger partial charge in [-0.2, -0.15) is 0 Å². The van der Waals surface area contributed by atoms with Gasteiger partial charge in [0.05, 0.1) is 10.7 Å². The van der Waals surface area contributed by atoms with Crippen LogP contribution < -0.4 is 5.32 Å². The van der Waals surface area contributed by atoms with Gasteiger partial charge in [0, 0.05) is 11.1 Å². The highest BCUT2D eigenvalue weighted by molar-refractivity contribution is 8.05. The fourth-order valence-electron chi connectivity index (χ4n) is 0.983. The molecule has 2 aliphatic rings. The van der Waals surface area contributed by atoms with Gasteiger partial charge in [-0.3, -0.25) is 0 Å². The number of hydrogen-bond donors (Lipinski definition) is 1. The summed E-state index contributed by atoms with van der Waals surface area (Å²) in [6.45, 7) is 0. The topological polar surface area (TPSA) is 12.0 Å². The van der Waals surface area contributed by atoms with Gasteiger partial charge in [0.1, 0.15) is 4.71 Å². The molecule has 1 N–H and O–H groups in total. The molecule has 1 atom stereocenters. The van der Waals surface area contributed by atoms with Gasteiger partial charge in [0.15, 0.2) is 0 Å². The summed E-state index contributed by atoms with van der Waals surface area (Å²) in [7, 11) is 0. The Hall–Kier alpha value is -0.0500. The standard InChI is InChI=1S/C7H5Cl2NS/c8-5-6-4(11-7(5)9)2-1-3-10-6/h1-3,7,10H. The maximum absolute atomic E-state index is 5.93. The first-order valence-electron chi connectivity index (χ1n) is 3.13. The quantitative estimate of drug-likeness (QED) is 0.611. The first-order valence-corrected chi connectivity index (χ1v) is 4.82. The van der Waals surface area contributed by atoms with Crippen LogP contribution in [0.3, 0.4) is 0 Å². The molecule has 0 aromatic carbocycles. The van der Waals surface area contributed by atoms with E-state index >= 15 is 0 Å². The third-order valence-electron chi connectivity index (χ3n) is 1.49. The van der Waals surface area contributed by atoms with E-state index in [2.05, 4.69) is 5.32 Å². The van der Waals surface area contributed by atoms with Crippen molar-refractivity contribution < 1.29 is 0 Å². The first-order chi connectivity index (χ1) is 5.29. The Balaban J connectivity index is 2.42. The zero-order chi connectivity index (χ0) is 7.84. The van der Waals surface area contributed by atoms with Crippen molar-refractivity contribution in [2.45, 2.75) is 4.71 Å². The number of nitrogens with one attached hydrogen (secondary N) is 1. The molecule has 2 aliphatic heterocycles. The van der Waals surface area contributed by atoms with Crippen molar-refractivity contribution in [2.75, 3.05) is 0 Å². The molecule has 0 amide bonds. The number of allylic oxidation sites excluding steroid dienone is 2. The predicted molar refractivity (Wildman–Crippen MR) is 50.5 cm³/mol. The van der Waals surface area contributed by atoms with Crippen LogP contribution in [0.15, 0.2) is 34.0 Å². The first kappa shape index (κ1) is 7.59. The Morgan fingerprint density at radius 1 is 1.55 bits per heavy atom. The molecule has 58 valence electrons. The molecular weight excluding hydrogens is 201 g/mol. The minimum atomic E-state index is -0.120. The summed E-state index contributed by atoms with van der Waals surface area (Å²) >= 11 is 13.4. The van der Waals surface area contributed by atoms with Crippen LogP contribution in [0.5, 0.6) is 0 Å². The smallest absolute Gasteiger partial charge is 0.121 e. The van der Waals surface area contributed by atoms with Crippen LogP contribution in [-0.4, -0.2) is 4.71 Å². The van der Waals surface area contributed by atoms with Crippen molar-refractivity contribution in [2.24, 2.45) is 0 Å². The van der Waals surface area contributed by atoms with Gasteiger partial charge in [-0.05, 0) is 12.2 Å². The van der Waals surface area contributed by atoms with E-state index in [1.165, 1.54) is 0 Å². The monoisotopic (exact) mass is 205 g/mol. The number of thioether (sulfide) groups is 1. The highest BCUT2D eigenvalue weighted by Gasteiger charge is 2.27. The van der Waals surface area contributed by atoms with E-state index in [0.717, 1.165) is 10.6 Å². The van der Waals surface area contributed by atoms with Gasteiger partial charge in [0.25, 0.3) is 0 Å². The van der Waals surface area contributed by atoms with E-state index in [1.807, 2.05) is 18.4 Å². The maximum atomic E-state index is 5.93. The van der Waals surface area contributed by atoms with Gasteiger partial charge in [-0.15, -0.1) is 11.6 Å². The summed E-state index contributed by atoms with van der Waals surface area (Å²) < 4.78 is -0.120. The van der Waals surface area contributed by atoms with Gasteiger partial charge in [-0.1, -0.05) is 23.4 Å². The molecule has 0 fully saturated rings. The minimum Gasteiger partial charge on any atom is -0.360 e. The lowest BCUT2D eigenvalue weighted by molar-refractivity contribution is 1.08. The number of dihydropyridines is 1. The van der Waals surface area contributed by atoms with Crippen LogP contribution in [0.4, 0.5) is 0 Å². The van der Waals surface area contributed by atoms with E-state index in [1.54, 1.807) is 11.8 Å². The highest BCUT2D eigenvalue weighted by Crippen LogP contribution is 2.45. The SMILES string of the molecule is ClC1=C2NC=CC=C2SC1Cl. The summed E-state index contributed by atoms with van der Waals surface area (Å²) in [5.74, 6) is 0. The summed E-state index contributed by atoms with van der Waals surface area (Å²) in [5.41, 5.74) is 0.958. The van der Waals surface area contributed by atoms with Crippen molar-refractivity contribution in [1.82, 2.24) is 5.32 Å². The molecular formula is C7H5Cl2NS. The average Bonchev–Trinajstić information content (AvgIpc) is 2.30. The molecule has 0 radical (unpaired) electrons. The Morgan fingerprint density at radius 3 is 3.09 bits per heavy atom. The Morgan fingerprint density at radius 2 is 2.36 bits per heavy atom. The molecule has 11 heavy (non-hydrogen) atoms. The minimum absolute atomic E-state index is 0.120. The van der Waals surface area contributed by atoms with Gasteiger partial charge in [0.2, 0.25) is 0 Å². The maximum Gasteiger partial charge on any atom is 0.121 e. The fraction of sp³-hybridized carbons (Fsp3) is 0.143. The number of rotatable bonds is 0. The molecule has 2 heterocycles. The number of hydrogen-bond acceptors (Lipinski definition) is 2. The van der Waals surface area contributed by atoms with Crippen LogP contribution in [0.1, 0.15) is 0 Å². The molecule has 0 spiro atoms. The summed E-state index contributed by atoms with van der Waals surface area (Å²) in [5, 5.41) is 3.76. The third-order valence-corrected chi connectivity index (χ3v) is 3.66. The molecule has 1 nitrogen and oxygen atoms in total. The number of alkyl halides is 1. The Kier molecular flexibility index (Phi) is 1.91. The Bertz CT molecular complexity index is 277. The van der Waals surface area contributed by atoms with E-state index in [4.69, 9.17) is 23.2 Å². The van der Waals surface area contributed by atoms with Crippen LogP contribution >= 0.6 is 35.0 Å². The molecule has 0 aromatic heterocycles. The van der Waals surface area contributed by atoms with E-state index in [0.29, 0.717) is 5.03 Å². The van der Waals surface area contributed by atoms with Crippen molar-refractivity contribution in [3.05, 3.63) is 34.0 Å². The summed E-state index contributed by atoms with van der Waals surface area (Å²) in [6, 6.07) is 0. The predicted octanol–water partition coefficient (Wildman–Crippen LogP) is 2.75. The van der Waals surface area contributed by atoms with Crippen molar-refractivity contribution >= 4 is 35.0 Å². The molecule has 2 rings (SSSR count). The summed E-state index contributed by atoms with van der Waals surface area (Å²) in [4.78, 5) is 1.12.